The summed E-state index contributed by atoms with van der Waals surface area (Å²) in [5.74, 6) is 0.0454. The van der Waals surface area contributed by atoms with E-state index in [9.17, 15) is 9.59 Å². The van der Waals surface area contributed by atoms with Crippen molar-refractivity contribution < 1.29 is 9.59 Å². The number of nitrogens with one attached hydrogen (secondary N) is 2. The number of fused-ring (bicyclic) bond motifs is 3. The summed E-state index contributed by atoms with van der Waals surface area (Å²) in [6.45, 7) is 2.27. The molecule has 5 nitrogen and oxygen atoms in total. The highest BCUT2D eigenvalue weighted by atomic mass is 35.5. The normalized spacial score (nSPS) is 21.4. The van der Waals surface area contributed by atoms with E-state index < -0.39 is 0 Å². The van der Waals surface area contributed by atoms with Crippen LogP contribution in [-0.2, 0) is 4.79 Å². The molecule has 0 aromatic heterocycles. The van der Waals surface area contributed by atoms with Gasteiger partial charge in [0.05, 0.1) is 0 Å². The minimum atomic E-state index is -0.121. The molecule has 0 spiro atoms. The van der Waals surface area contributed by atoms with E-state index in [1.165, 1.54) is 0 Å². The summed E-state index contributed by atoms with van der Waals surface area (Å²) in [6, 6.07) is 14.4. The molecule has 2 bridgehead atoms. The molecule has 0 radical (unpaired) electrons. The number of carbonyl (C=O) groups is 2. The van der Waals surface area contributed by atoms with Gasteiger partial charge in [0.1, 0.15) is 0 Å². The van der Waals surface area contributed by atoms with Crippen LogP contribution in [0.5, 0.6) is 0 Å². The maximum atomic E-state index is 12.7. The van der Waals surface area contributed by atoms with E-state index in [-0.39, 0.29) is 24.2 Å². The van der Waals surface area contributed by atoms with E-state index in [0.29, 0.717) is 30.6 Å². The predicted octanol–water partition coefficient (Wildman–Crippen LogP) is 2.73. The second-order valence-corrected chi connectivity index (χ2v) is 7.25. The van der Waals surface area contributed by atoms with Crippen LogP contribution in [0.2, 0.25) is 0 Å². The van der Waals surface area contributed by atoms with Crippen molar-refractivity contribution in [2.75, 3.05) is 19.6 Å². The summed E-state index contributed by atoms with van der Waals surface area (Å²) in [7, 11) is 0. The topological polar surface area (TPSA) is 61.4 Å². The lowest BCUT2D eigenvalue weighted by Gasteiger charge is -2.28. The smallest absolute Gasteiger partial charge is 0.251 e. The zero-order chi connectivity index (χ0) is 17.9. The van der Waals surface area contributed by atoms with Gasteiger partial charge in [0.15, 0.2) is 0 Å². The SMILES string of the molecule is Cl.O=C(NCCC(=O)N1C2CCNCC1CC2)c1ccc2ccccc2c1. The summed E-state index contributed by atoms with van der Waals surface area (Å²) < 4.78 is 0. The van der Waals surface area contributed by atoms with Gasteiger partial charge < -0.3 is 15.5 Å². The van der Waals surface area contributed by atoms with Gasteiger partial charge in [-0.15, -0.1) is 12.4 Å². The first-order valence-electron chi connectivity index (χ1n) is 9.51. The lowest BCUT2D eigenvalue weighted by atomic mass is 10.1. The molecule has 2 N–H and O–H groups in total. The summed E-state index contributed by atoms with van der Waals surface area (Å²) in [5, 5.41) is 8.47. The number of hydrogen-bond acceptors (Lipinski definition) is 3. The Hall–Kier alpha value is -2.11. The standard InChI is InChI=1S/C21H25N3O2.ClH/c25-20(24-18-7-8-19(24)14-22-11-9-18)10-12-23-21(26)17-6-5-15-3-1-2-4-16(15)13-17;/h1-6,13,18-19,22H,7-12,14H2,(H,23,26);1H. The van der Waals surface area contributed by atoms with Gasteiger partial charge in [-0.3, -0.25) is 9.59 Å². The van der Waals surface area contributed by atoms with Crippen LogP contribution in [-0.4, -0.2) is 48.4 Å². The molecule has 2 saturated heterocycles. The third-order valence-electron chi connectivity index (χ3n) is 5.58. The molecule has 2 fully saturated rings. The van der Waals surface area contributed by atoms with Crippen LogP contribution in [0.1, 0.15) is 36.0 Å². The molecule has 4 rings (SSSR count). The molecule has 2 atom stereocenters. The molecule has 0 aliphatic carbocycles. The molecule has 2 aromatic carbocycles. The number of carbonyl (C=O) groups excluding carboxylic acids is 2. The molecule has 6 heteroatoms. The average molecular weight is 388 g/mol. The van der Waals surface area contributed by atoms with Crippen LogP contribution in [0.3, 0.4) is 0 Å². The first kappa shape index (κ1) is 19.6. The number of hydrogen-bond donors (Lipinski definition) is 2. The van der Waals surface area contributed by atoms with Crippen molar-refractivity contribution in [1.82, 2.24) is 15.5 Å². The van der Waals surface area contributed by atoms with Gasteiger partial charge in [-0.25, -0.2) is 0 Å². The quantitative estimate of drug-likeness (QED) is 0.848. The van der Waals surface area contributed by atoms with Gasteiger partial charge in [-0.2, -0.15) is 0 Å². The lowest BCUT2D eigenvalue weighted by molar-refractivity contribution is -0.133. The van der Waals surface area contributed by atoms with Crippen LogP contribution >= 0.6 is 12.4 Å². The Balaban J connectivity index is 0.00000210. The second kappa shape index (κ2) is 8.72. The van der Waals surface area contributed by atoms with Gasteiger partial charge in [0.2, 0.25) is 5.91 Å². The Bertz CT molecular complexity index is 812. The van der Waals surface area contributed by atoms with Gasteiger partial charge >= 0.3 is 0 Å². The molecule has 2 amide bonds. The fraction of sp³-hybridized carbons (Fsp3) is 0.429. The highest BCUT2D eigenvalue weighted by molar-refractivity contribution is 5.98. The first-order valence-corrected chi connectivity index (χ1v) is 9.51. The van der Waals surface area contributed by atoms with Crippen molar-refractivity contribution in [3.8, 4) is 0 Å². The summed E-state index contributed by atoms with van der Waals surface area (Å²) >= 11 is 0. The van der Waals surface area contributed by atoms with Crippen molar-refractivity contribution >= 4 is 35.0 Å². The highest BCUT2D eigenvalue weighted by Crippen LogP contribution is 2.28. The molecule has 0 saturated carbocycles. The third-order valence-corrected chi connectivity index (χ3v) is 5.58. The molecule has 27 heavy (non-hydrogen) atoms. The van der Waals surface area contributed by atoms with Gasteiger partial charge in [-0.1, -0.05) is 30.3 Å². The molecule has 2 aliphatic heterocycles. The molecular weight excluding hydrogens is 362 g/mol. The number of rotatable bonds is 4. The van der Waals surface area contributed by atoms with Gasteiger partial charge in [0, 0.05) is 37.2 Å². The minimum Gasteiger partial charge on any atom is -0.352 e. The predicted molar refractivity (Wildman–Crippen MR) is 109 cm³/mol. The maximum Gasteiger partial charge on any atom is 0.251 e. The fourth-order valence-corrected chi connectivity index (χ4v) is 4.23. The second-order valence-electron chi connectivity index (χ2n) is 7.25. The van der Waals surface area contributed by atoms with Crippen LogP contribution in [0.25, 0.3) is 10.8 Å². The Morgan fingerprint density at radius 1 is 1.04 bits per heavy atom. The molecule has 2 aliphatic rings. The Morgan fingerprint density at radius 3 is 2.67 bits per heavy atom. The van der Waals surface area contributed by atoms with Crippen LogP contribution in [0, 0.1) is 0 Å². The van der Waals surface area contributed by atoms with Crippen LogP contribution in [0.4, 0.5) is 0 Å². The summed E-state index contributed by atoms with van der Waals surface area (Å²) in [6.07, 6.45) is 3.60. The number of amides is 2. The lowest BCUT2D eigenvalue weighted by Crippen LogP contribution is -2.43. The van der Waals surface area contributed by atoms with Crippen molar-refractivity contribution in [1.29, 1.82) is 0 Å². The fourth-order valence-electron chi connectivity index (χ4n) is 4.23. The molecular formula is C21H26ClN3O2. The molecule has 2 unspecified atom stereocenters. The van der Waals surface area contributed by atoms with Crippen LogP contribution < -0.4 is 10.6 Å². The highest BCUT2D eigenvalue weighted by Gasteiger charge is 2.37. The minimum absolute atomic E-state index is 0. The molecule has 2 heterocycles. The monoisotopic (exact) mass is 387 g/mol. The zero-order valence-electron chi connectivity index (χ0n) is 15.3. The van der Waals surface area contributed by atoms with Gasteiger partial charge in [0.25, 0.3) is 5.91 Å². The van der Waals surface area contributed by atoms with E-state index >= 15 is 0 Å². The third kappa shape index (κ3) is 4.25. The van der Waals surface area contributed by atoms with Crippen molar-refractivity contribution in [2.45, 2.75) is 37.8 Å². The molecule has 2 aromatic rings. The maximum absolute atomic E-state index is 12.7. The Morgan fingerprint density at radius 2 is 1.81 bits per heavy atom. The Labute approximate surface area is 165 Å². The van der Waals surface area contributed by atoms with E-state index in [0.717, 1.165) is 43.1 Å². The van der Waals surface area contributed by atoms with E-state index in [2.05, 4.69) is 15.5 Å². The summed E-state index contributed by atoms with van der Waals surface area (Å²) in [4.78, 5) is 27.1. The van der Waals surface area contributed by atoms with E-state index in [1.54, 1.807) is 0 Å². The van der Waals surface area contributed by atoms with E-state index in [1.807, 2.05) is 42.5 Å². The number of nitrogens with zero attached hydrogens (tertiary/aromatic N) is 1. The van der Waals surface area contributed by atoms with Crippen molar-refractivity contribution in [3.05, 3.63) is 48.0 Å². The summed E-state index contributed by atoms with van der Waals surface area (Å²) in [5.41, 5.74) is 0.634. The van der Waals surface area contributed by atoms with Crippen molar-refractivity contribution in [3.63, 3.8) is 0 Å². The zero-order valence-corrected chi connectivity index (χ0v) is 16.1. The largest absolute Gasteiger partial charge is 0.352 e. The Kier molecular flexibility index (Phi) is 6.34. The number of benzene rings is 2. The average Bonchev–Trinajstić information content (AvgIpc) is 2.93. The number of halogens is 1. The van der Waals surface area contributed by atoms with Crippen LogP contribution in [0.15, 0.2) is 42.5 Å². The van der Waals surface area contributed by atoms with Crippen molar-refractivity contribution in [2.24, 2.45) is 0 Å². The first-order chi connectivity index (χ1) is 12.7. The molecule has 144 valence electrons. The van der Waals surface area contributed by atoms with Gasteiger partial charge in [-0.05, 0) is 48.7 Å². The van der Waals surface area contributed by atoms with E-state index in [4.69, 9.17) is 0 Å².